The average Bonchev–Trinajstić information content (AvgIpc) is 2.73. The van der Waals surface area contributed by atoms with E-state index in [0.717, 1.165) is 11.5 Å². The van der Waals surface area contributed by atoms with Crippen LogP contribution in [-0.2, 0) is 12.9 Å². The molecule has 2 aromatic heterocycles. The number of nitrogens with zero attached hydrogens (tertiary/aromatic N) is 5. The van der Waals surface area contributed by atoms with Crippen molar-refractivity contribution in [1.82, 2.24) is 24.5 Å². The molecule has 2 heterocycles. The number of hydrogen-bond acceptors (Lipinski definition) is 3. The molecule has 0 aliphatic carbocycles. The van der Waals surface area contributed by atoms with Crippen molar-refractivity contribution in [2.75, 3.05) is 0 Å². The van der Waals surface area contributed by atoms with Gasteiger partial charge in [-0.15, -0.1) is 21.8 Å². The zero-order chi connectivity index (χ0) is 10.1. The fourth-order valence-corrected chi connectivity index (χ4v) is 1.38. The van der Waals surface area contributed by atoms with Crippen LogP contribution < -0.4 is 0 Å². The second-order valence-electron chi connectivity index (χ2n) is 3.02. The van der Waals surface area contributed by atoms with Gasteiger partial charge in [0.1, 0.15) is 6.33 Å². The van der Waals surface area contributed by atoms with Gasteiger partial charge in [0.15, 0.2) is 11.6 Å². The lowest BCUT2D eigenvalue weighted by atomic mass is 10.4. The van der Waals surface area contributed by atoms with Crippen molar-refractivity contribution >= 4 is 11.6 Å². The Hall–Kier alpha value is -1.36. The summed E-state index contributed by atoms with van der Waals surface area (Å²) in [5.41, 5.74) is 1.08. The highest BCUT2D eigenvalue weighted by Crippen LogP contribution is 2.10. The molecule has 0 aliphatic rings. The topological polar surface area (TPSA) is 48.5 Å². The van der Waals surface area contributed by atoms with E-state index in [1.54, 1.807) is 15.6 Å². The SMILES string of the molecule is Cc1cc(-n2cnnc2CCl)nn1C. The molecule has 0 unspecified atom stereocenters. The second-order valence-corrected chi connectivity index (χ2v) is 3.29. The predicted molar refractivity (Wildman–Crippen MR) is 52.4 cm³/mol. The molecule has 0 fully saturated rings. The summed E-state index contributed by atoms with van der Waals surface area (Å²) in [5.74, 6) is 1.82. The van der Waals surface area contributed by atoms with E-state index in [4.69, 9.17) is 11.6 Å². The van der Waals surface area contributed by atoms with Gasteiger partial charge in [-0.2, -0.15) is 5.10 Å². The van der Waals surface area contributed by atoms with Crippen molar-refractivity contribution in [2.24, 2.45) is 7.05 Å². The number of rotatable bonds is 2. The van der Waals surface area contributed by atoms with Gasteiger partial charge in [0.2, 0.25) is 0 Å². The summed E-state index contributed by atoms with van der Waals surface area (Å²) in [6.07, 6.45) is 1.61. The van der Waals surface area contributed by atoms with Crippen molar-refractivity contribution in [3.8, 4) is 5.82 Å². The Labute approximate surface area is 86.3 Å². The molecule has 5 nitrogen and oxygen atoms in total. The maximum atomic E-state index is 5.71. The summed E-state index contributed by atoms with van der Waals surface area (Å²) in [5, 5.41) is 12.0. The number of aromatic nitrogens is 5. The van der Waals surface area contributed by atoms with Gasteiger partial charge in [-0.1, -0.05) is 0 Å². The van der Waals surface area contributed by atoms with Gasteiger partial charge in [0.25, 0.3) is 0 Å². The highest BCUT2D eigenvalue weighted by molar-refractivity contribution is 6.16. The van der Waals surface area contributed by atoms with E-state index in [0.29, 0.717) is 11.7 Å². The van der Waals surface area contributed by atoms with Gasteiger partial charge in [-0.3, -0.25) is 9.25 Å². The monoisotopic (exact) mass is 211 g/mol. The third-order valence-electron chi connectivity index (χ3n) is 2.09. The summed E-state index contributed by atoms with van der Waals surface area (Å²) in [6, 6.07) is 1.96. The first-order valence-electron chi connectivity index (χ1n) is 4.18. The standard InChI is InChI=1S/C8H10ClN5/c1-6-3-7(12-13(6)2)14-5-10-11-8(14)4-9/h3,5H,4H2,1-2H3. The third-order valence-corrected chi connectivity index (χ3v) is 2.32. The van der Waals surface area contributed by atoms with Crippen LogP contribution in [0, 0.1) is 6.92 Å². The third kappa shape index (κ3) is 1.39. The molecule has 0 saturated heterocycles. The molecular formula is C8H10ClN5. The molecule has 0 atom stereocenters. The molecule has 0 spiro atoms. The minimum Gasteiger partial charge on any atom is -0.271 e. The van der Waals surface area contributed by atoms with Crippen LogP contribution in [0.1, 0.15) is 11.5 Å². The average molecular weight is 212 g/mol. The fourth-order valence-electron chi connectivity index (χ4n) is 1.20. The summed E-state index contributed by atoms with van der Waals surface area (Å²) in [7, 11) is 1.89. The maximum absolute atomic E-state index is 5.71. The van der Waals surface area contributed by atoms with Crippen LogP contribution in [0.5, 0.6) is 0 Å². The summed E-state index contributed by atoms with van der Waals surface area (Å²) in [6.45, 7) is 1.99. The van der Waals surface area contributed by atoms with Gasteiger partial charge in [0.05, 0.1) is 5.88 Å². The highest BCUT2D eigenvalue weighted by Gasteiger charge is 2.08. The minimum atomic E-state index is 0.329. The fraction of sp³-hybridized carbons (Fsp3) is 0.375. The van der Waals surface area contributed by atoms with Gasteiger partial charge in [-0.05, 0) is 6.92 Å². The molecule has 74 valence electrons. The Bertz CT molecular complexity index is 425. The Kier molecular flexibility index (Phi) is 2.25. The molecule has 0 amide bonds. The molecule has 0 aliphatic heterocycles. The summed E-state index contributed by atoms with van der Waals surface area (Å²) in [4.78, 5) is 0. The molecule has 0 aromatic carbocycles. The maximum Gasteiger partial charge on any atom is 0.161 e. The van der Waals surface area contributed by atoms with Crippen molar-refractivity contribution in [2.45, 2.75) is 12.8 Å². The van der Waals surface area contributed by atoms with Gasteiger partial charge in [0, 0.05) is 18.8 Å². The minimum absolute atomic E-state index is 0.329. The number of aryl methyl sites for hydroxylation is 2. The quantitative estimate of drug-likeness (QED) is 0.698. The van der Waals surface area contributed by atoms with Crippen LogP contribution in [0.15, 0.2) is 12.4 Å². The van der Waals surface area contributed by atoms with Crippen molar-refractivity contribution in [3.05, 3.63) is 23.9 Å². The van der Waals surface area contributed by atoms with Crippen molar-refractivity contribution in [3.63, 3.8) is 0 Å². The van der Waals surface area contributed by atoms with Crippen LogP contribution in [0.25, 0.3) is 5.82 Å². The van der Waals surface area contributed by atoms with Gasteiger partial charge >= 0.3 is 0 Å². The largest absolute Gasteiger partial charge is 0.271 e. The first-order chi connectivity index (χ1) is 6.72. The van der Waals surface area contributed by atoms with Crippen molar-refractivity contribution in [1.29, 1.82) is 0 Å². The first-order valence-corrected chi connectivity index (χ1v) is 4.71. The molecule has 6 heteroatoms. The van der Waals surface area contributed by atoms with E-state index in [2.05, 4.69) is 15.3 Å². The number of alkyl halides is 1. The molecule has 0 saturated carbocycles. The Morgan fingerprint density at radius 1 is 1.50 bits per heavy atom. The number of hydrogen-bond donors (Lipinski definition) is 0. The van der Waals surface area contributed by atoms with Crippen LogP contribution in [-0.4, -0.2) is 24.5 Å². The Morgan fingerprint density at radius 3 is 2.86 bits per heavy atom. The van der Waals surface area contributed by atoms with Gasteiger partial charge < -0.3 is 0 Å². The lowest BCUT2D eigenvalue weighted by Gasteiger charge is -1.97. The van der Waals surface area contributed by atoms with Crippen LogP contribution in [0.2, 0.25) is 0 Å². The van der Waals surface area contributed by atoms with Crippen LogP contribution in [0.3, 0.4) is 0 Å². The predicted octanol–water partition coefficient (Wildman–Crippen LogP) is 1.05. The molecular weight excluding hydrogens is 202 g/mol. The molecule has 0 N–H and O–H groups in total. The first kappa shape index (κ1) is 9.21. The van der Waals surface area contributed by atoms with E-state index in [1.165, 1.54) is 0 Å². The zero-order valence-electron chi connectivity index (χ0n) is 7.98. The van der Waals surface area contributed by atoms with E-state index in [1.807, 2.05) is 20.0 Å². The normalized spacial score (nSPS) is 10.8. The molecule has 0 radical (unpaired) electrons. The van der Waals surface area contributed by atoms with E-state index >= 15 is 0 Å². The smallest absolute Gasteiger partial charge is 0.161 e. The molecule has 14 heavy (non-hydrogen) atoms. The lowest BCUT2D eigenvalue weighted by Crippen LogP contribution is -2.00. The molecule has 2 rings (SSSR count). The number of halogens is 1. The zero-order valence-corrected chi connectivity index (χ0v) is 8.73. The van der Waals surface area contributed by atoms with Gasteiger partial charge in [-0.25, -0.2) is 0 Å². The molecule has 0 bridgehead atoms. The van der Waals surface area contributed by atoms with E-state index in [9.17, 15) is 0 Å². The van der Waals surface area contributed by atoms with E-state index < -0.39 is 0 Å². The summed E-state index contributed by atoms with van der Waals surface area (Å²) >= 11 is 5.71. The van der Waals surface area contributed by atoms with E-state index in [-0.39, 0.29) is 0 Å². The van der Waals surface area contributed by atoms with Crippen LogP contribution in [0.4, 0.5) is 0 Å². The highest BCUT2D eigenvalue weighted by atomic mass is 35.5. The second kappa shape index (κ2) is 3.42. The van der Waals surface area contributed by atoms with Crippen LogP contribution >= 0.6 is 11.6 Å². The lowest BCUT2D eigenvalue weighted by molar-refractivity contribution is 0.724. The summed E-state index contributed by atoms with van der Waals surface area (Å²) < 4.78 is 3.58. The molecule has 2 aromatic rings. The Morgan fingerprint density at radius 2 is 2.29 bits per heavy atom. The Balaban J connectivity index is 2.49. The van der Waals surface area contributed by atoms with Crippen molar-refractivity contribution < 1.29 is 0 Å².